The summed E-state index contributed by atoms with van der Waals surface area (Å²) in [6.45, 7) is 0.415. The Morgan fingerprint density at radius 3 is 2.52 bits per heavy atom. The molecule has 0 radical (unpaired) electrons. The second-order valence-electron chi connectivity index (χ2n) is 9.55. The summed E-state index contributed by atoms with van der Waals surface area (Å²) in [7, 11) is -2.35. The van der Waals surface area contributed by atoms with Gasteiger partial charge in [0.25, 0.3) is 5.91 Å². The van der Waals surface area contributed by atoms with Gasteiger partial charge < -0.3 is 14.8 Å². The average Bonchev–Trinajstić information content (AvgIpc) is 3.49. The Kier molecular flexibility index (Phi) is 8.09. The molecule has 4 aromatic rings. The van der Waals surface area contributed by atoms with E-state index in [-0.39, 0.29) is 28.1 Å². The van der Waals surface area contributed by atoms with Gasteiger partial charge in [0.15, 0.2) is 21.4 Å². The number of nitrogens with one attached hydrogen (secondary N) is 1. The number of sulfone groups is 1. The zero-order valence-electron chi connectivity index (χ0n) is 21.9. The highest BCUT2D eigenvalue weighted by Gasteiger charge is 2.28. The van der Waals surface area contributed by atoms with Crippen molar-refractivity contribution in [1.82, 2.24) is 14.9 Å². The predicted molar refractivity (Wildman–Crippen MR) is 148 cm³/mol. The van der Waals surface area contributed by atoms with Crippen LogP contribution in [0.4, 0.5) is 0 Å². The highest BCUT2D eigenvalue weighted by atomic mass is 32.2. The third-order valence-electron chi connectivity index (χ3n) is 6.92. The second kappa shape index (κ2) is 11.8. The monoisotopic (exact) mass is 559 g/mol. The molecule has 0 aliphatic heterocycles. The first-order chi connectivity index (χ1) is 19.4. The number of fused-ring (bicyclic) bond motifs is 1. The highest BCUT2D eigenvalue weighted by molar-refractivity contribution is 7.90. The molecule has 5 rings (SSSR count). The Labute approximate surface area is 232 Å². The fourth-order valence-corrected chi connectivity index (χ4v) is 6.22. The number of carbonyl (C=O) groups excluding carboxylic acids is 2. The summed E-state index contributed by atoms with van der Waals surface area (Å²) < 4.78 is 29.0. The minimum Gasteiger partial charge on any atom is -0.355 e. The van der Waals surface area contributed by atoms with E-state index in [1.807, 2.05) is 41.1 Å². The molecule has 0 unspecified atom stereocenters. The van der Waals surface area contributed by atoms with Crippen molar-refractivity contribution < 1.29 is 27.8 Å². The van der Waals surface area contributed by atoms with Crippen molar-refractivity contribution in [2.75, 3.05) is 7.05 Å². The number of hydrogen-bond acceptors (Lipinski definition) is 7. The molecule has 206 valence electrons. The van der Waals surface area contributed by atoms with Crippen LogP contribution >= 0.6 is 0 Å². The average molecular weight is 560 g/mol. The number of nitrogens with zero attached hydrogens (tertiary/aromatic N) is 2. The molecular formula is C30H29N3O6S. The van der Waals surface area contributed by atoms with Crippen molar-refractivity contribution in [1.29, 1.82) is 0 Å². The van der Waals surface area contributed by atoms with Crippen LogP contribution in [0.1, 0.15) is 56.4 Å². The van der Waals surface area contributed by atoms with Gasteiger partial charge in [-0.3, -0.25) is 9.59 Å². The lowest BCUT2D eigenvalue weighted by Crippen LogP contribution is -2.19. The molecule has 0 saturated heterocycles. The Balaban J connectivity index is 1.47. The molecule has 1 heterocycles. The summed E-state index contributed by atoms with van der Waals surface area (Å²) in [6, 6.07) is 18.6. The van der Waals surface area contributed by atoms with Gasteiger partial charge in [0.1, 0.15) is 6.10 Å². The summed E-state index contributed by atoms with van der Waals surface area (Å²) in [5.41, 5.74) is 2.79. The van der Waals surface area contributed by atoms with Crippen LogP contribution in [0.15, 0.2) is 90.3 Å². The van der Waals surface area contributed by atoms with E-state index >= 15 is 0 Å². The van der Waals surface area contributed by atoms with E-state index in [1.54, 1.807) is 24.7 Å². The summed E-state index contributed by atoms with van der Waals surface area (Å²) in [5.74, 6) is -0.481. The van der Waals surface area contributed by atoms with Crippen LogP contribution in [-0.2, 0) is 33.4 Å². The Morgan fingerprint density at radius 2 is 1.82 bits per heavy atom. The van der Waals surface area contributed by atoms with E-state index < -0.39 is 15.9 Å². The van der Waals surface area contributed by atoms with Crippen LogP contribution in [-0.4, -0.2) is 36.7 Å². The van der Waals surface area contributed by atoms with Gasteiger partial charge in [0.05, 0.1) is 23.5 Å². The number of aromatic nitrogens is 2. The van der Waals surface area contributed by atoms with Crippen LogP contribution in [0.3, 0.4) is 0 Å². The molecule has 1 aliphatic rings. The molecule has 0 spiro atoms. The molecule has 1 amide bonds. The molecule has 0 fully saturated rings. The third kappa shape index (κ3) is 5.98. The zero-order chi connectivity index (χ0) is 28.1. The van der Waals surface area contributed by atoms with Crippen molar-refractivity contribution in [3.8, 4) is 5.75 Å². The molecule has 0 bridgehead atoms. The lowest BCUT2D eigenvalue weighted by Gasteiger charge is -2.23. The summed E-state index contributed by atoms with van der Waals surface area (Å²) >= 11 is 0. The summed E-state index contributed by atoms with van der Waals surface area (Å²) in [5, 5.41) is 2.52. The number of amides is 1. The quantitative estimate of drug-likeness (QED) is 0.225. The van der Waals surface area contributed by atoms with Gasteiger partial charge in [-0.25, -0.2) is 13.4 Å². The second-order valence-corrected chi connectivity index (χ2v) is 11.5. The summed E-state index contributed by atoms with van der Waals surface area (Å²) in [4.78, 5) is 40.6. The van der Waals surface area contributed by atoms with E-state index in [2.05, 4.69) is 10.3 Å². The van der Waals surface area contributed by atoms with Gasteiger partial charge in [0, 0.05) is 42.6 Å². The van der Waals surface area contributed by atoms with Gasteiger partial charge in [-0.2, -0.15) is 4.89 Å². The largest absolute Gasteiger partial charge is 0.355 e. The van der Waals surface area contributed by atoms with Crippen molar-refractivity contribution in [3.05, 3.63) is 113 Å². The molecule has 1 atom stereocenters. The zero-order valence-corrected chi connectivity index (χ0v) is 22.8. The number of imidazole rings is 1. The van der Waals surface area contributed by atoms with Gasteiger partial charge in [0.2, 0.25) is 0 Å². The standard InChI is InChI=1S/C30H29N3O6S/c1-31-30(35)22-10-12-23(13-11-22)40(36,37)19-26-24-8-5-9-27(34)25(24)14-15-28(26)38-39-29(18-33-17-16-32-20-33)21-6-3-2-4-7-21/h2-4,6-7,10-17,20,29H,5,8-9,18-19H2,1H3,(H,31,35)/t29-/m1/s1. The maximum atomic E-state index is 13.6. The lowest BCUT2D eigenvalue weighted by molar-refractivity contribution is -0.251. The third-order valence-corrected chi connectivity index (χ3v) is 8.58. The van der Waals surface area contributed by atoms with Gasteiger partial charge in [-0.1, -0.05) is 30.3 Å². The fourth-order valence-electron chi connectivity index (χ4n) is 4.80. The molecular weight excluding hydrogens is 530 g/mol. The molecule has 1 N–H and O–H groups in total. The number of ketones is 1. The van der Waals surface area contributed by atoms with Gasteiger partial charge >= 0.3 is 0 Å². The summed E-state index contributed by atoms with van der Waals surface area (Å²) in [6.07, 6.45) is 6.24. The smallest absolute Gasteiger partial charge is 0.251 e. The van der Waals surface area contributed by atoms with E-state index in [0.29, 0.717) is 48.1 Å². The Hall–Kier alpha value is -4.28. The first-order valence-corrected chi connectivity index (χ1v) is 14.6. The minimum absolute atomic E-state index is 0.0235. The molecule has 10 heteroatoms. The SMILES string of the molecule is CNC(=O)c1ccc(S(=O)(=O)Cc2c(OO[C@H](Cn3ccnc3)c3ccccc3)ccc3c2CCCC3=O)cc1. The van der Waals surface area contributed by atoms with E-state index in [4.69, 9.17) is 9.78 Å². The van der Waals surface area contributed by atoms with E-state index in [1.165, 1.54) is 31.3 Å². The number of hydrogen-bond donors (Lipinski definition) is 1. The minimum atomic E-state index is -3.86. The molecule has 1 aromatic heterocycles. The molecule has 40 heavy (non-hydrogen) atoms. The van der Waals surface area contributed by atoms with Crippen LogP contribution in [0.2, 0.25) is 0 Å². The normalized spacial score (nSPS) is 13.9. The van der Waals surface area contributed by atoms with Crippen LogP contribution in [0.5, 0.6) is 5.75 Å². The molecule has 0 saturated carbocycles. The van der Waals surface area contributed by atoms with Gasteiger partial charge in [-0.15, -0.1) is 0 Å². The predicted octanol–water partition coefficient (Wildman–Crippen LogP) is 4.49. The topological polar surface area (TPSA) is 117 Å². The van der Waals surface area contributed by atoms with Crippen molar-refractivity contribution in [2.24, 2.45) is 0 Å². The first kappa shape index (κ1) is 27.3. The number of benzene rings is 3. The van der Waals surface area contributed by atoms with E-state index in [9.17, 15) is 18.0 Å². The first-order valence-electron chi connectivity index (χ1n) is 12.9. The van der Waals surface area contributed by atoms with Crippen molar-refractivity contribution in [2.45, 2.75) is 42.6 Å². The molecule has 1 aliphatic carbocycles. The molecule has 9 nitrogen and oxygen atoms in total. The van der Waals surface area contributed by atoms with Crippen LogP contribution in [0, 0.1) is 0 Å². The van der Waals surface area contributed by atoms with E-state index in [0.717, 1.165) is 5.56 Å². The fraction of sp³-hybridized carbons (Fsp3) is 0.233. The maximum absolute atomic E-state index is 13.6. The van der Waals surface area contributed by atoms with Crippen molar-refractivity contribution >= 4 is 21.5 Å². The number of rotatable bonds is 10. The highest BCUT2D eigenvalue weighted by Crippen LogP contribution is 2.35. The lowest BCUT2D eigenvalue weighted by atomic mass is 9.87. The Bertz CT molecular complexity index is 1600. The number of carbonyl (C=O) groups is 2. The Morgan fingerprint density at radius 1 is 1.05 bits per heavy atom. The van der Waals surface area contributed by atoms with Crippen LogP contribution in [0.25, 0.3) is 0 Å². The van der Waals surface area contributed by atoms with Crippen LogP contribution < -0.4 is 10.2 Å². The molecule has 3 aromatic carbocycles. The number of Topliss-reactive ketones (excluding diaryl/α,β-unsaturated/α-hetero) is 1. The van der Waals surface area contributed by atoms with Crippen molar-refractivity contribution in [3.63, 3.8) is 0 Å². The maximum Gasteiger partial charge on any atom is 0.251 e. The van der Waals surface area contributed by atoms with Gasteiger partial charge in [-0.05, 0) is 60.4 Å².